The summed E-state index contributed by atoms with van der Waals surface area (Å²) < 4.78 is 23.5. The van der Waals surface area contributed by atoms with Crippen molar-refractivity contribution >= 4 is 20.3 Å². The molecule has 0 spiro atoms. The Kier molecular flexibility index (Phi) is 12.8. The smallest absolute Gasteiger partial charge is 0.417 e. The van der Waals surface area contributed by atoms with Crippen LogP contribution in [0.15, 0.2) is 78.9 Å². The molecule has 0 bridgehead atoms. The van der Waals surface area contributed by atoms with Gasteiger partial charge in [0, 0.05) is 0 Å². The maximum atomic E-state index is 13.3. The lowest BCUT2D eigenvalue weighted by Crippen LogP contribution is -2.43. The summed E-state index contributed by atoms with van der Waals surface area (Å²) in [5.74, 6) is -0.553. The normalized spacial score (nSPS) is 19.3. The fraction of sp³-hybridized carbons (Fsp3) is 0.500. The van der Waals surface area contributed by atoms with Gasteiger partial charge in [-0.1, -0.05) is 94.5 Å². The molecule has 1 fully saturated rings. The Labute approximate surface area is 270 Å². The second kappa shape index (κ2) is 15.8. The van der Waals surface area contributed by atoms with Crippen LogP contribution in [0.25, 0.3) is 0 Å². The molecule has 246 valence electrons. The number of aliphatic hydroxyl groups excluding tert-OH is 1. The third-order valence-corrected chi connectivity index (χ3v) is 13.4. The first-order valence-electron chi connectivity index (χ1n) is 15.6. The highest BCUT2D eigenvalue weighted by molar-refractivity contribution is 6.74. The summed E-state index contributed by atoms with van der Waals surface area (Å²) in [6.07, 6.45) is 1.92. The summed E-state index contributed by atoms with van der Waals surface area (Å²) in [5, 5.41) is 11.0. The van der Waals surface area contributed by atoms with E-state index in [2.05, 4.69) is 40.4 Å². The fourth-order valence-corrected chi connectivity index (χ4v) is 5.77. The molecule has 2 aromatic carbocycles. The number of ether oxygens (including phenoxy) is 3. The highest BCUT2D eigenvalue weighted by Crippen LogP contribution is 2.37. The van der Waals surface area contributed by atoms with E-state index in [1.54, 1.807) is 27.0 Å². The molecule has 1 saturated heterocycles. The average molecular weight is 638 g/mol. The maximum absolute atomic E-state index is 13.3. The van der Waals surface area contributed by atoms with Gasteiger partial charge in [-0.3, -0.25) is 4.79 Å². The van der Waals surface area contributed by atoms with Gasteiger partial charge in [0.15, 0.2) is 8.32 Å². The van der Waals surface area contributed by atoms with E-state index in [4.69, 9.17) is 18.6 Å². The molecule has 0 aromatic heterocycles. The zero-order valence-electron chi connectivity index (χ0n) is 28.1. The molecule has 3 rings (SSSR count). The van der Waals surface area contributed by atoms with E-state index >= 15 is 0 Å². The molecule has 0 radical (unpaired) electrons. The van der Waals surface area contributed by atoms with Crippen LogP contribution in [0.4, 0.5) is 4.79 Å². The van der Waals surface area contributed by atoms with Crippen LogP contribution in [0.2, 0.25) is 18.1 Å². The zero-order chi connectivity index (χ0) is 33.4. The Morgan fingerprint density at radius 2 is 1.78 bits per heavy atom. The van der Waals surface area contributed by atoms with Crippen LogP contribution in [-0.4, -0.2) is 62.3 Å². The largest absolute Gasteiger partial charge is 0.497 e. The molecular weight excluding hydrogens is 586 g/mol. The van der Waals surface area contributed by atoms with Crippen LogP contribution >= 0.6 is 0 Å². The monoisotopic (exact) mass is 637 g/mol. The summed E-state index contributed by atoms with van der Waals surface area (Å²) in [6.45, 7) is 19.6. The van der Waals surface area contributed by atoms with Gasteiger partial charge in [0.1, 0.15) is 11.9 Å². The molecule has 8 nitrogen and oxygen atoms in total. The van der Waals surface area contributed by atoms with Crippen molar-refractivity contribution in [3.8, 4) is 5.75 Å². The van der Waals surface area contributed by atoms with Crippen molar-refractivity contribution in [1.82, 2.24) is 4.90 Å². The lowest BCUT2D eigenvalue weighted by Gasteiger charge is -2.36. The molecule has 2 aromatic rings. The standard InChI is InChI=1S/C36H51NO7Si/c1-25(23-43-45(8,9)36(4,5)6)22-31(42-24-28-18-20-30(41-7)21-19-28)16-13-17-32(38)26(2)34(39)37-27(3)33(44-35(37)40)29-14-11-10-12-15-29/h10-15,17-21,26-27,31-33,38H,1,16,22-24H2,2-9H3/b17-13+/t26-,27-,31+,32+,33-/m1/s1. The van der Waals surface area contributed by atoms with Gasteiger partial charge in [-0.05, 0) is 61.2 Å². The molecule has 2 amide bonds. The van der Waals surface area contributed by atoms with E-state index in [1.807, 2.05) is 60.7 Å². The van der Waals surface area contributed by atoms with Crippen molar-refractivity contribution in [3.05, 3.63) is 90.0 Å². The van der Waals surface area contributed by atoms with Crippen molar-refractivity contribution < 1.29 is 33.3 Å². The van der Waals surface area contributed by atoms with Gasteiger partial charge < -0.3 is 23.7 Å². The number of methoxy groups -OCH3 is 1. The minimum atomic E-state index is -1.94. The molecule has 1 aliphatic rings. The number of hydrogen-bond donors (Lipinski definition) is 1. The number of cyclic esters (lactones) is 1. The topological polar surface area (TPSA) is 94.5 Å². The predicted molar refractivity (Wildman–Crippen MR) is 179 cm³/mol. The Morgan fingerprint density at radius 1 is 1.13 bits per heavy atom. The number of imide groups is 1. The number of benzene rings is 2. The van der Waals surface area contributed by atoms with Crippen LogP contribution in [0.5, 0.6) is 5.75 Å². The van der Waals surface area contributed by atoms with Gasteiger partial charge in [0.05, 0.1) is 44.5 Å². The van der Waals surface area contributed by atoms with Gasteiger partial charge in [-0.15, -0.1) is 0 Å². The molecule has 0 unspecified atom stereocenters. The number of nitrogens with zero attached hydrogens (tertiary/aromatic N) is 1. The van der Waals surface area contributed by atoms with E-state index in [-0.39, 0.29) is 11.1 Å². The number of carbonyl (C=O) groups is 2. The Morgan fingerprint density at radius 3 is 2.38 bits per heavy atom. The highest BCUT2D eigenvalue weighted by Gasteiger charge is 2.45. The van der Waals surface area contributed by atoms with Crippen LogP contribution in [0, 0.1) is 5.92 Å². The van der Waals surface area contributed by atoms with Crippen molar-refractivity contribution in [2.45, 2.75) is 96.6 Å². The molecule has 1 aliphatic heterocycles. The van der Waals surface area contributed by atoms with Crippen LogP contribution in [-0.2, 0) is 25.3 Å². The highest BCUT2D eigenvalue weighted by atomic mass is 28.4. The van der Waals surface area contributed by atoms with Crippen molar-refractivity contribution in [2.24, 2.45) is 5.92 Å². The van der Waals surface area contributed by atoms with Crippen molar-refractivity contribution in [2.75, 3.05) is 13.7 Å². The van der Waals surface area contributed by atoms with Gasteiger partial charge in [-0.2, -0.15) is 0 Å². The first-order chi connectivity index (χ1) is 21.1. The molecule has 0 aliphatic carbocycles. The van der Waals surface area contributed by atoms with Crippen LogP contribution < -0.4 is 4.74 Å². The Hall–Kier alpha value is -3.24. The SMILES string of the molecule is C=C(CO[Si](C)(C)C(C)(C)C)C[C@H](C/C=C/[C@H](O)[C@@H](C)C(=O)N1C(=O)O[C@@H](c2ccccc2)[C@H]1C)OCc1ccc(OC)cc1. The van der Waals surface area contributed by atoms with Crippen molar-refractivity contribution in [3.63, 3.8) is 0 Å². The van der Waals surface area contributed by atoms with Gasteiger partial charge in [0.2, 0.25) is 5.91 Å². The molecule has 45 heavy (non-hydrogen) atoms. The Balaban J connectivity index is 1.63. The van der Waals surface area contributed by atoms with E-state index in [0.29, 0.717) is 26.1 Å². The first kappa shape index (κ1) is 36.2. The van der Waals surface area contributed by atoms with Crippen LogP contribution in [0.1, 0.15) is 64.7 Å². The summed E-state index contributed by atoms with van der Waals surface area (Å²) in [6, 6.07) is 16.6. The van der Waals surface area contributed by atoms with E-state index < -0.39 is 44.5 Å². The van der Waals surface area contributed by atoms with Gasteiger partial charge >= 0.3 is 6.09 Å². The predicted octanol–water partition coefficient (Wildman–Crippen LogP) is 7.60. The average Bonchev–Trinajstić information content (AvgIpc) is 3.31. The molecular formula is C36H51NO7Si. The minimum absolute atomic E-state index is 0.0939. The molecule has 1 heterocycles. The fourth-order valence-electron chi connectivity index (χ4n) is 4.77. The van der Waals surface area contributed by atoms with E-state index in [9.17, 15) is 14.7 Å². The summed E-state index contributed by atoms with van der Waals surface area (Å²) in [5.41, 5.74) is 2.76. The first-order valence-corrected chi connectivity index (χ1v) is 18.5. The summed E-state index contributed by atoms with van der Waals surface area (Å²) >= 11 is 0. The second-order valence-corrected chi connectivity index (χ2v) is 18.2. The van der Waals surface area contributed by atoms with Crippen LogP contribution in [0.3, 0.4) is 0 Å². The summed E-state index contributed by atoms with van der Waals surface area (Å²) in [7, 11) is -0.305. The maximum Gasteiger partial charge on any atom is 0.417 e. The third-order valence-electron chi connectivity index (χ3n) is 8.87. The third kappa shape index (κ3) is 9.87. The number of rotatable bonds is 15. The molecule has 1 N–H and O–H groups in total. The van der Waals surface area contributed by atoms with Gasteiger partial charge in [0.25, 0.3) is 0 Å². The van der Waals surface area contributed by atoms with E-state index in [0.717, 1.165) is 27.3 Å². The zero-order valence-corrected chi connectivity index (χ0v) is 29.1. The van der Waals surface area contributed by atoms with Crippen molar-refractivity contribution in [1.29, 1.82) is 0 Å². The minimum Gasteiger partial charge on any atom is -0.497 e. The lowest BCUT2D eigenvalue weighted by molar-refractivity contribution is -0.135. The second-order valence-electron chi connectivity index (χ2n) is 13.4. The van der Waals surface area contributed by atoms with E-state index in [1.165, 1.54) is 0 Å². The molecule has 5 atom stereocenters. The summed E-state index contributed by atoms with van der Waals surface area (Å²) in [4.78, 5) is 27.1. The number of hydrogen-bond acceptors (Lipinski definition) is 7. The van der Waals surface area contributed by atoms with Gasteiger partial charge in [-0.25, -0.2) is 9.69 Å². The quantitative estimate of drug-likeness (QED) is 0.159. The number of carbonyl (C=O) groups excluding carboxylic acids is 2. The lowest BCUT2D eigenvalue weighted by atomic mass is 9.99. The molecule has 0 saturated carbocycles. The molecule has 9 heteroatoms. The number of amides is 2. The Bertz CT molecular complexity index is 1300. The number of aliphatic hydroxyl groups is 1.